The zero-order valence-corrected chi connectivity index (χ0v) is 9.53. The molecule has 0 aromatic rings. The van der Waals surface area contributed by atoms with Crippen LogP contribution in [-0.2, 0) is 4.74 Å². The lowest BCUT2D eigenvalue weighted by Crippen LogP contribution is -2.36. The number of amides is 1. The van der Waals surface area contributed by atoms with Crippen LogP contribution in [0, 0.1) is 0 Å². The summed E-state index contributed by atoms with van der Waals surface area (Å²) in [6.07, 6.45) is -6.59. The summed E-state index contributed by atoms with van der Waals surface area (Å²) in [6.45, 7) is 3.27. The first kappa shape index (κ1) is 16.7. The van der Waals surface area contributed by atoms with E-state index in [-0.39, 0.29) is 26.0 Å². The minimum absolute atomic E-state index is 0.00201. The van der Waals surface area contributed by atoms with E-state index in [0.717, 1.165) is 0 Å². The van der Waals surface area contributed by atoms with Crippen molar-refractivity contribution in [3.8, 4) is 0 Å². The fourth-order valence-corrected chi connectivity index (χ4v) is 0.990. The molecule has 0 saturated heterocycles. The van der Waals surface area contributed by atoms with E-state index in [1.807, 2.05) is 0 Å². The maximum atomic E-state index is 12.4. The topological polar surface area (TPSA) is 38.3 Å². The standard InChI is InChI=1S/C10H14F5NO2/c1-2-7-18-8(17)16-6-4-3-5-9(11,12)10(13,14)15/h2H,1,3-7H2,(H,16,17). The van der Waals surface area contributed by atoms with Crippen LogP contribution in [-0.4, -0.2) is 31.3 Å². The Balaban J connectivity index is 3.69. The normalized spacial score (nSPS) is 12.1. The molecule has 0 unspecified atom stereocenters. The van der Waals surface area contributed by atoms with Gasteiger partial charge in [0.1, 0.15) is 6.61 Å². The maximum Gasteiger partial charge on any atom is 0.453 e. The van der Waals surface area contributed by atoms with Gasteiger partial charge in [0, 0.05) is 13.0 Å². The second kappa shape index (κ2) is 7.17. The van der Waals surface area contributed by atoms with Crippen LogP contribution in [0.2, 0.25) is 0 Å². The summed E-state index contributed by atoms with van der Waals surface area (Å²) >= 11 is 0. The van der Waals surface area contributed by atoms with Crippen LogP contribution < -0.4 is 5.32 Å². The number of hydrogen-bond donors (Lipinski definition) is 1. The van der Waals surface area contributed by atoms with E-state index < -0.39 is 24.6 Å². The number of carbonyl (C=O) groups excluding carboxylic acids is 1. The molecule has 0 fully saturated rings. The number of nitrogens with one attached hydrogen (secondary N) is 1. The summed E-state index contributed by atoms with van der Waals surface area (Å²) in [5.74, 6) is -4.68. The highest BCUT2D eigenvalue weighted by molar-refractivity contribution is 5.67. The predicted molar refractivity (Wildman–Crippen MR) is 54.4 cm³/mol. The van der Waals surface area contributed by atoms with Gasteiger partial charge in [-0.15, -0.1) is 0 Å². The number of ether oxygens (including phenoxy) is 1. The first-order chi connectivity index (χ1) is 8.20. The average molecular weight is 275 g/mol. The van der Waals surface area contributed by atoms with E-state index >= 15 is 0 Å². The molecule has 0 bridgehead atoms. The van der Waals surface area contributed by atoms with Gasteiger partial charge in [-0.25, -0.2) is 4.79 Å². The zero-order valence-electron chi connectivity index (χ0n) is 9.53. The lowest BCUT2D eigenvalue weighted by Gasteiger charge is -2.19. The minimum atomic E-state index is -5.52. The molecule has 0 spiro atoms. The van der Waals surface area contributed by atoms with E-state index in [1.54, 1.807) is 0 Å². The Morgan fingerprint density at radius 2 is 1.83 bits per heavy atom. The SMILES string of the molecule is C=CCOC(=O)NCCCCC(F)(F)C(F)(F)F. The van der Waals surface area contributed by atoms with Crippen LogP contribution in [0.15, 0.2) is 12.7 Å². The number of carbonyl (C=O) groups is 1. The average Bonchev–Trinajstić information content (AvgIpc) is 2.24. The molecule has 0 rings (SSSR count). The van der Waals surface area contributed by atoms with Gasteiger partial charge in [-0.2, -0.15) is 22.0 Å². The Kier molecular flexibility index (Phi) is 6.64. The van der Waals surface area contributed by atoms with E-state index in [9.17, 15) is 26.7 Å². The Morgan fingerprint density at radius 3 is 2.33 bits per heavy atom. The monoisotopic (exact) mass is 275 g/mol. The van der Waals surface area contributed by atoms with Crippen LogP contribution in [0.5, 0.6) is 0 Å². The number of hydrogen-bond acceptors (Lipinski definition) is 2. The molecule has 0 radical (unpaired) electrons. The quantitative estimate of drug-likeness (QED) is 0.440. The van der Waals surface area contributed by atoms with Crippen LogP contribution in [0.3, 0.4) is 0 Å². The number of rotatable bonds is 7. The third-order valence-electron chi connectivity index (χ3n) is 1.93. The van der Waals surface area contributed by atoms with Crippen molar-refractivity contribution in [2.45, 2.75) is 31.4 Å². The van der Waals surface area contributed by atoms with Gasteiger partial charge in [-0.1, -0.05) is 12.7 Å². The van der Waals surface area contributed by atoms with Gasteiger partial charge in [-0.05, 0) is 12.8 Å². The highest BCUT2D eigenvalue weighted by Gasteiger charge is 2.56. The molecular weight excluding hydrogens is 261 g/mol. The number of alkyl halides is 5. The highest BCUT2D eigenvalue weighted by Crippen LogP contribution is 2.38. The summed E-state index contributed by atoms with van der Waals surface area (Å²) in [7, 11) is 0. The molecule has 0 aromatic heterocycles. The largest absolute Gasteiger partial charge is 0.453 e. The van der Waals surface area contributed by atoms with Crippen molar-refractivity contribution in [2.24, 2.45) is 0 Å². The lowest BCUT2D eigenvalue weighted by atomic mass is 10.1. The summed E-state index contributed by atoms with van der Waals surface area (Å²) in [5, 5.41) is 2.21. The maximum absolute atomic E-state index is 12.4. The van der Waals surface area contributed by atoms with E-state index in [0.29, 0.717) is 0 Å². The van der Waals surface area contributed by atoms with E-state index in [2.05, 4.69) is 16.6 Å². The van der Waals surface area contributed by atoms with Gasteiger partial charge < -0.3 is 10.1 Å². The molecule has 0 atom stereocenters. The van der Waals surface area contributed by atoms with Crippen molar-refractivity contribution >= 4 is 6.09 Å². The van der Waals surface area contributed by atoms with Crippen LogP contribution >= 0.6 is 0 Å². The third kappa shape index (κ3) is 6.41. The van der Waals surface area contributed by atoms with Crippen LogP contribution in [0.1, 0.15) is 19.3 Å². The lowest BCUT2D eigenvalue weighted by molar-refractivity contribution is -0.284. The molecular formula is C10H14F5NO2. The molecule has 1 amide bonds. The fraction of sp³-hybridized carbons (Fsp3) is 0.700. The predicted octanol–water partition coefficient (Wildman–Crippen LogP) is 3.27. The molecule has 0 aliphatic carbocycles. The first-order valence-electron chi connectivity index (χ1n) is 5.17. The van der Waals surface area contributed by atoms with Crippen molar-refractivity contribution in [3.05, 3.63) is 12.7 Å². The van der Waals surface area contributed by atoms with Gasteiger partial charge in [0.25, 0.3) is 0 Å². The second-order valence-corrected chi connectivity index (χ2v) is 3.47. The van der Waals surface area contributed by atoms with E-state index in [4.69, 9.17) is 0 Å². The molecule has 106 valence electrons. The highest BCUT2D eigenvalue weighted by atomic mass is 19.4. The van der Waals surface area contributed by atoms with Crippen molar-refractivity contribution < 1.29 is 31.5 Å². The molecule has 1 N–H and O–H groups in total. The second-order valence-electron chi connectivity index (χ2n) is 3.47. The molecule has 0 aliphatic heterocycles. The summed E-state index contributed by atoms with van der Waals surface area (Å²) in [5.41, 5.74) is 0. The van der Waals surface area contributed by atoms with Crippen molar-refractivity contribution in [3.63, 3.8) is 0 Å². The first-order valence-corrected chi connectivity index (χ1v) is 5.17. The van der Waals surface area contributed by atoms with Gasteiger partial charge in [0.2, 0.25) is 0 Å². The van der Waals surface area contributed by atoms with Gasteiger partial charge in [-0.3, -0.25) is 0 Å². The van der Waals surface area contributed by atoms with Crippen molar-refractivity contribution in [1.29, 1.82) is 0 Å². The molecule has 0 aromatic carbocycles. The number of unbranched alkanes of at least 4 members (excludes halogenated alkanes) is 1. The van der Waals surface area contributed by atoms with Gasteiger partial charge >= 0.3 is 18.2 Å². The van der Waals surface area contributed by atoms with Crippen LogP contribution in [0.25, 0.3) is 0 Å². The van der Waals surface area contributed by atoms with E-state index in [1.165, 1.54) is 6.08 Å². The smallest absolute Gasteiger partial charge is 0.445 e. The number of halogens is 5. The summed E-state index contributed by atoms with van der Waals surface area (Å²) in [6, 6.07) is 0. The Bertz CT molecular complexity index is 278. The van der Waals surface area contributed by atoms with Crippen LogP contribution in [0.4, 0.5) is 26.7 Å². The molecule has 8 heteroatoms. The zero-order chi connectivity index (χ0) is 14.2. The summed E-state index contributed by atoms with van der Waals surface area (Å²) in [4.78, 5) is 10.8. The minimum Gasteiger partial charge on any atom is -0.445 e. The van der Waals surface area contributed by atoms with Gasteiger partial charge in [0.15, 0.2) is 0 Å². The molecule has 0 heterocycles. The molecule has 0 saturated carbocycles. The Labute approximate surface area is 101 Å². The fourth-order valence-electron chi connectivity index (χ4n) is 0.990. The summed E-state index contributed by atoms with van der Waals surface area (Å²) < 4.78 is 64.6. The van der Waals surface area contributed by atoms with Crippen molar-refractivity contribution in [1.82, 2.24) is 5.32 Å². The molecule has 0 aliphatic rings. The Hall–Kier alpha value is -1.34. The Morgan fingerprint density at radius 1 is 1.22 bits per heavy atom. The van der Waals surface area contributed by atoms with Crippen molar-refractivity contribution in [2.75, 3.05) is 13.2 Å². The number of alkyl carbamates (subject to hydrolysis) is 1. The molecule has 18 heavy (non-hydrogen) atoms. The molecule has 3 nitrogen and oxygen atoms in total. The third-order valence-corrected chi connectivity index (χ3v) is 1.93. The van der Waals surface area contributed by atoms with Gasteiger partial charge in [0.05, 0.1) is 0 Å².